The number of hydrogen-bond donors (Lipinski definition) is 0. The summed E-state index contributed by atoms with van der Waals surface area (Å²) in [5, 5.41) is 0. The van der Waals surface area contributed by atoms with Gasteiger partial charge in [-0.15, -0.1) is 0 Å². The van der Waals surface area contributed by atoms with Gasteiger partial charge in [0.1, 0.15) is 0 Å². The standard InChI is InChI=1S/C13H10F3NO2/c1-17(6-8-4-5-19-7-8)13(18)9-2-3-10(14)12(16)11(9)15/h2-5,7H,6H2,1H3. The predicted octanol–water partition coefficient (Wildman–Crippen LogP) is 2.97. The Morgan fingerprint density at radius 1 is 1.21 bits per heavy atom. The first-order valence-electron chi connectivity index (χ1n) is 5.40. The molecule has 0 saturated carbocycles. The number of carbonyl (C=O) groups is 1. The van der Waals surface area contributed by atoms with E-state index in [0.717, 1.165) is 12.1 Å². The summed E-state index contributed by atoms with van der Waals surface area (Å²) in [4.78, 5) is 13.1. The van der Waals surface area contributed by atoms with Crippen LogP contribution < -0.4 is 0 Å². The highest BCUT2D eigenvalue weighted by Crippen LogP contribution is 2.17. The van der Waals surface area contributed by atoms with Crippen molar-refractivity contribution in [3.63, 3.8) is 0 Å². The molecule has 0 aliphatic rings. The van der Waals surface area contributed by atoms with E-state index in [-0.39, 0.29) is 6.54 Å². The van der Waals surface area contributed by atoms with Crippen LogP contribution in [0.25, 0.3) is 0 Å². The van der Waals surface area contributed by atoms with Gasteiger partial charge in [-0.3, -0.25) is 4.79 Å². The molecule has 0 aliphatic heterocycles. The number of amides is 1. The van der Waals surface area contributed by atoms with Crippen LogP contribution >= 0.6 is 0 Å². The Balaban J connectivity index is 2.22. The lowest BCUT2D eigenvalue weighted by molar-refractivity contribution is 0.0779. The second-order valence-corrected chi connectivity index (χ2v) is 4.02. The summed E-state index contributed by atoms with van der Waals surface area (Å²) in [6.45, 7) is 0.174. The SMILES string of the molecule is CN(Cc1ccoc1)C(=O)c1ccc(F)c(F)c1F. The number of hydrogen-bond acceptors (Lipinski definition) is 2. The van der Waals surface area contributed by atoms with Gasteiger partial charge in [0.15, 0.2) is 17.5 Å². The second kappa shape index (κ2) is 5.17. The molecule has 0 spiro atoms. The Morgan fingerprint density at radius 2 is 1.95 bits per heavy atom. The lowest BCUT2D eigenvalue weighted by Crippen LogP contribution is -2.27. The maximum atomic E-state index is 13.5. The van der Waals surface area contributed by atoms with Crippen LogP contribution in [-0.2, 0) is 6.54 Å². The Hall–Kier alpha value is -2.24. The molecule has 0 atom stereocenters. The van der Waals surface area contributed by atoms with Gasteiger partial charge in [0.25, 0.3) is 5.91 Å². The number of benzene rings is 1. The minimum absolute atomic E-state index is 0.174. The van der Waals surface area contributed by atoms with Gasteiger partial charge in [-0.25, -0.2) is 13.2 Å². The summed E-state index contributed by atoms with van der Waals surface area (Å²) in [6, 6.07) is 3.28. The molecule has 0 aliphatic carbocycles. The molecule has 1 amide bonds. The van der Waals surface area contributed by atoms with Gasteiger partial charge in [0.2, 0.25) is 0 Å². The van der Waals surface area contributed by atoms with Crippen molar-refractivity contribution >= 4 is 5.91 Å². The Kier molecular flexibility index (Phi) is 3.59. The molecule has 19 heavy (non-hydrogen) atoms. The zero-order valence-electron chi connectivity index (χ0n) is 9.99. The number of carbonyl (C=O) groups excluding carboxylic acids is 1. The molecule has 6 heteroatoms. The molecule has 0 N–H and O–H groups in total. The van der Waals surface area contributed by atoms with Crippen LogP contribution in [0.4, 0.5) is 13.2 Å². The second-order valence-electron chi connectivity index (χ2n) is 4.02. The zero-order valence-corrected chi connectivity index (χ0v) is 9.99. The van der Waals surface area contributed by atoms with Crippen molar-refractivity contribution < 1.29 is 22.4 Å². The summed E-state index contributed by atoms with van der Waals surface area (Å²) < 4.78 is 44.1. The zero-order chi connectivity index (χ0) is 14.0. The number of nitrogens with zero attached hydrogens (tertiary/aromatic N) is 1. The minimum Gasteiger partial charge on any atom is -0.472 e. The van der Waals surface area contributed by atoms with Gasteiger partial charge in [-0.05, 0) is 18.2 Å². The van der Waals surface area contributed by atoms with Gasteiger partial charge < -0.3 is 9.32 Å². The third-order valence-corrected chi connectivity index (χ3v) is 2.61. The van der Waals surface area contributed by atoms with Gasteiger partial charge in [0, 0.05) is 19.2 Å². The van der Waals surface area contributed by atoms with Gasteiger partial charge in [-0.2, -0.15) is 0 Å². The van der Waals surface area contributed by atoms with Crippen molar-refractivity contribution in [1.29, 1.82) is 0 Å². The fourth-order valence-electron chi connectivity index (χ4n) is 1.62. The van der Waals surface area contributed by atoms with E-state index in [1.165, 1.54) is 24.5 Å². The van der Waals surface area contributed by atoms with E-state index in [9.17, 15) is 18.0 Å². The number of halogens is 3. The van der Waals surface area contributed by atoms with E-state index in [4.69, 9.17) is 4.42 Å². The first kappa shape index (κ1) is 13.2. The third-order valence-electron chi connectivity index (χ3n) is 2.61. The van der Waals surface area contributed by atoms with E-state index in [0.29, 0.717) is 5.56 Å². The fourth-order valence-corrected chi connectivity index (χ4v) is 1.62. The summed E-state index contributed by atoms with van der Waals surface area (Å²) in [6.07, 6.45) is 2.87. The van der Waals surface area contributed by atoms with Crippen molar-refractivity contribution in [2.45, 2.75) is 6.54 Å². The maximum Gasteiger partial charge on any atom is 0.256 e. The number of rotatable bonds is 3. The highest BCUT2D eigenvalue weighted by atomic mass is 19.2. The number of furan rings is 1. The van der Waals surface area contributed by atoms with Crippen molar-refractivity contribution in [3.8, 4) is 0 Å². The molecule has 1 aromatic carbocycles. The Morgan fingerprint density at radius 3 is 2.58 bits per heavy atom. The molecule has 0 radical (unpaired) electrons. The average Bonchev–Trinajstić information content (AvgIpc) is 2.88. The summed E-state index contributed by atoms with van der Waals surface area (Å²) >= 11 is 0. The molecule has 0 unspecified atom stereocenters. The molecule has 1 heterocycles. The van der Waals surface area contributed by atoms with Crippen molar-refractivity contribution in [1.82, 2.24) is 4.90 Å². The van der Waals surface area contributed by atoms with Crippen LogP contribution in [0, 0.1) is 17.5 Å². The highest BCUT2D eigenvalue weighted by molar-refractivity contribution is 5.94. The van der Waals surface area contributed by atoms with E-state index in [2.05, 4.69) is 0 Å². The van der Waals surface area contributed by atoms with E-state index < -0.39 is 28.9 Å². The summed E-state index contributed by atoms with van der Waals surface area (Å²) in [7, 11) is 1.43. The van der Waals surface area contributed by atoms with E-state index in [1.54, 1.807) is 6.07 Å². The smallest absolute Gasteiger partial charge is 0.256 e. The largest absolute Gasteiger partial charge is 0.472 e. The van der Waals surface area contributed by atoms with Crippen LogP contribution in [0.1, 0.15) is 15.9 Å². The van der Waals surface area contributed by atoms with Crippen LogP contribution in [-0.4, -0.2) is 17.9 Å². The molecule has 100 valence electrons. The Bertz CT molecular complexity index is 596. The summed E-state index contributed by atoms with van der Waals surface area (Å²) in [5.74, 6) is -5.20. The molecule has 0 bridgehead atoms. The summed E-state index contributed by atoms with van der Waals surface area (Å²) in [5.41, 5.74) is 0.198. The molecule has 3 nitrogen and oxygen atoms in total. The van der Waals surface area contributed by atoms with Crippen LogP contribution in [0.15, 0.2) is 35.1 Å². The van der Waals surface area contributed by atoms with Crippen LogP contribution in [0.2, 0.25) is 0 Å². The first-order chi connectivity index (χ1) is 9.00. The molecular weight excluding hydrogens is 259 g/mol. The molecule has 2 rings (SSSR count). The highest BCUT2D eigenvalue weighted by Gasteiger charge is 2.21. The Labute approximate surface area is 107 Å². The van der Waals surface area contributed by atoms with Gasteiger partial charge in [-0.1, -0.05) is 0 Å². The monoisotopic (exact) mass is 269 g/mol. The van der Waals surface area contributed by atoms with Crippen molar-refractivity contribution in [3.05, 3.63) is 59.3 Å². The molecule has 2 aromatic rings. The quantitative estimate of drug-likeness (QED) is 0.803. The van der Waals surface area contributed by atoms with E-state index in [1.807, 2.05) is 0 Å². The van der Waals surface area contributed by atoms with Crippen molar-refractivity contribution in [2.24, 2.45) is 0 Å². The lowest BCUT2D eigenvalue weighted by atomic mass is 10.1. The minimum atomic E-state index is -1.65. The van der Waals surface area contributed by atoms with Crippen LogP contribution in [0.3, 0.4) is 0 Å². The molecule has 0 fully saturated rings. The fraction of sp³-hybridized carbons (Fsp3) is 0.154. The molecular formula is C13H10F3NO2. The van der Waals surface area contributed by atoms with Crippen molar-refractivity contribution in [2.75, 3.05) is 7.05 Å². The maximum absolute atomic E-state index is 13.5. The average molecular weight is 269 g/mol. The third kappa shape index (κ3) is 2.62. The normalized spacial score (nSPS) is 10.5. The topological polar surface area (TPSA) is 33.5 Å². The molecule has 1 aromatic heterocycles. The van der Waals surface area contributed by atoms with Crippen LogP contribution in [0.5, 0.6) is 0 Å². The molecule has 0 saturated heterocycles. The van der Waals surface area contributed by atoms with Gasteiger partial charge in [0.05, 0.1) is 18.1 Å². The predicted molar refractivity (Wildman–Crippen MR) is 60.8 cm³/mol. The van der Waals surface area contributed by atoms with Gasteiger partial charge >= 0.3 is 0 Å². The van der Waals surface area contributed by atoms with E-state index >= 15 is 0 Å². The lowest BCUT2D eigenvalue weighted by Gasteiger charge is -2.16. The first-order valence-corrected chi connectivity index (χ1v) is 5.40.